The Morgan fingerprint density at radius 1 is 0.677 bits per heavy atom. The molecule has 0 aliphatic carbocycles. The molecule has 0 spiro atoms. The fourth-order valence-corrected chi connectivity index (χ4v) is 3.74. The molecule has 1 aromatic heterocycles. The van der Waals surface area contributed by atoms with E-state index in [1.54, 1.807) is 6.92 Å². The molecule has 1 heterocycles. The number of aromatic nitrogens is 1. The zero-order chi connectivity index (χ0) is 21.7. The molecule has 0 N–H and O–H groups in total. The molecule has 1 aromatic rings. The van der Waals surface area contributed by atoms with Crippen molar-refractivity contribution in [3.63, 3.8) is 0 Å². The summed E-state index contributed by atoms with van der Waals surface area (Å²) in [5, 5.41) is 0. The molecule has 0 bridgehead atoms. The van der Waals surface area contributed by atoms with Crippen molar-refractivity contribution < 1.29 is 26.5 Å². The van der Waals surface area contributed by atoms with E-state index in [2.05, 4.69) is 41.7 Å². The first kappa shape index (κ1) is 29.7. The van der Waals surface area contributed by atoms with E-state index in [1.807, 2.05) is 0 Å². The molecule has 1 rings (SSSR count). The van der Waals surface area contributed by atoms with Crippen LogP contribution in [0.4, 0.5) is 0 Å². The van der Waals surface area contributed by atoms with Crippen molar-refractivity contribution in [2.75, 3.05) is 6.61 Å². The molecule has 0 atom stereocenters. The van der Waals surface area contributed by atoms with Crippen LogP contribution in [-0.2, 0) is 16.1 Å². The minimum absolute atomic E-state index is 0. The minimum Gasteiger partial charge on any atom is -1.00 e. The van der Waals surface area contributed by atoms with Gasteiger partial charge in [-0.15, -0.1) is 0 Å². The Morgan fingerprint density at radius 2 is 1.06 bits per heavy atom. The number of ether oxygens (including phenoxy) is 1. The lowest BCUT2D eigenvalue weighted by molar-refractivity contribution is -0.697. The third-order valence-electron chi connectivity index (χ3n) is 5.67. The lowest BCUT2D eigenvalue weighted by atomic mass is 10.0. The molecule has 0 aliphatic heterocycles. The van der Waals surface area contributed by atoms with E-state index in [9.17, 15) is 4.79 Å². The third kappa shape index (κ3) is 19.1. The molecule has 3 nitrogen and oxygen atoms in total. The van der Waals surface area contributed by atoms with Crippen molar-refractivity contribution in [1.29, 1.82) is 0 Å². The zero-order valence-electron chi connectivity index (χ0n) is 20.0. The van der Waals surface area contributed by atoms with Gasteiger partial charge in [0.2, 0.25) is 0 Å². The van der Waals surface area contributed by atoms with Gasteiger partial charge >= 0.3 is 5.97 Å². The molecule has 0 saturated carbocycles. The molecule has 0 aromatic carbocycles. The van der Waals surface area contributed by atoms with Crippen LogP contribution in [0.25, 0.3) is 0 Å². The number of hydrogen-bond acceptors (Lipinski definition) is 2. The molecule has 31 heavy (non-hydrogen) atoms. The second-order valence-electron chi connectivity index (χ2n) is 8.69. The highest BCUT2D eigenvalue weighted by molar-refractivity contribution is 5.86. The van der Waals surface area contributed by atoms with Crippen LogP contribution in [0.15, 0.2) is 42.7 Å². The van der Waals surface area contributed by atoms with Crippen LogP contribution in [-0.4, -0.2) is 12.6 Å². The SMILES string of the molecule is C=C(C)C(=O)OCCCCCCCCCCCCCCCCCC[n+]1ccccc1.[Cl-]. The fourth-order valence-electron chi connectivity index (χ4n) is 3.74. The van der Waals surface area contributed by atoms with Crippen LogP contribution < -0.4 is 17.0 Å². The number of rotatable bonds is 20. The van der Waals surface area contributed by atoms with Gasteiger partial charge < -0.3 is 17.1 Å². The summed E-state index contributed by atoms with van der Waals surface area (Å²) in [6.07, 6.45) is 25.7. The lowest BCUT2D eigenvalue weighted by Gasteiger charge is -2.05. The average Bonchev–Trinajstić information content (AvgIpc) is 2.75. The number of aryl methyl sites for hydroxylation is 1. The predicted octanol–water partition coefficient (Wildman–Crippen LogP) is 4.34. The predicted molar refractivity (Wildman–Crippen MR) is 126 cm³/mol. The Kier molecular flexibility index (Phi) is 20.9. The molecule has 0 saturated heterocycles. The van der Waals surface area contributed by atoms with Crippen molar-refractivity contribution in [1.82, 2.24) is 0 Å². The van der Waals surface area contributed by atoms with Crippen molar-refractivity contribution in [3.8, 4) is 0 Å². The summed E-state index contributed by atoms with van der Waals surface area (Å²) in [5.74, 6) is -0.256. The average molecular weight is 452 g/mol. The minimum atomic E-state index is -0.256. The summed E-state index contributed by atoms with van der Waals surface area (Å²) in [6.45, 7) is 6.98. The normalized spacial score (nSPS) is 10.5. The first-order valence-electron chi connectivity index (χ1n) is 12.5. The largest absolute Gasteiger partial charge is 1.00 e. The van der Waals surface area contributed by atoms with Crippen LogP contribution in [0.1, 0.15) is 110 Å². The van der Waals surface area contributed by atoms with Crippen LogP contribution in [0.5, 0.6) is 0 Å². The van der Waals surface area contributed by atoms with Crippen molar-refractivity contribution in [2.24, 2.45) is 0 Å². The first-order chi connectivity index (χ1) is 14.7. The molecule has 0 unspecified atom stereocenters. The lowest BCUT2D eigenvalue weighted by Crippen LogP contribution is -3.00. The Morgan fingerprint density at radius 3 is 1.48 bits per heavy atom. The van der Waals surface area contributed by atoms with Gasteiger partial charge in [0.05, 0.1) is 6.61 Å². The molecular formula is C27H46ClNO2. The second kappa shape index (κ2) is 21.9. The first-order valence-corrected chi connectivity index (χ1v) is 12.5. The molecule has 178 valence electrons. The summed E-state index contributed by atoms with van der Waals surface area (Å²) >= 11 is 0. The third-order valence-corrected chi connectivity index (χ3v) is 5.67. The molecule has 4 heteroatoms. The van der Waals surface area contributed by atoms with Crippen molar-refractivity contribution >= 4 is 5.97 Å². The maximum Gasteiger partial charge on any atom is 0.333 e. The number of unbranched alkanes of at least 4 members (excludes halogenated alkanes) is 15. The standard InChI is InChI=1S/C27H46NO2.ClH/c1-26(2)27(29)30-25-21-16-14-12-10-8-6-4-3-5-7-9-11-13-15-18-22-28-23-19-17-20-24-28;/h17,19-20,23-24H,1,3-16,18,21-22,25H2,2H3;1H/q+1;/p-1. The van der Waals surface area contributed by atoms with Gasteiger partial charge in [-0.3, -0.25) is 0 Å². The quantitative estimate of drug-likeness (QED) is 0.128. The van der Waals surface area contributed by atoms with Gasteiger partial charge in [0.25, 0.3) is 0 Å². The van der Waals surface area contributed by atoms with E-state index in [0.29, 0.717) is 12.2 Å². The summed E-state index contributed by atoms with van der Waals surface area (Å²) in [5.41, 5.74) is 0.490. The van der Waals surface area contributed by atoms with Gasteiger partial charge in [0.15, 0.2) is 12.4 Å². The van der Waals surface area contributed by atoms with E-state index in [4.69, 9.17) is 4.74 Å². The maximum absolute atomic E-state index is 11.2. The monoisotopic (exact) mass is 451 g/mol. The highest BCUT2D eigenvalue weighted by Gasteiger charge is 2.02. The Balaban J connectivity index is 0.00000900. The van der Waals surface area contributed by atoms with E-state index in [-0.39, 0.29) is 18.4 Å². The number of nitrogens with zero attached hydrogens (tertiary/aromatic N) is 1. The van der Waals surface area contributed by atoms with Crippen LogP contribution in [0.2, 0.25) is 0 Å². The van der Waals surface area contributed by atoms with Crippen LogP contribution >= 0.6 is 0 Å². The smallest absolute Gasteiger partial charge is 0.333 e. The van der Waals surface area contributed by atoms with E-state index < -0.39 is 0 Å². The van der Waals surface area contributed by atoms with Gasteiger partial charge in [-0.05, 0) is 19.8 Å². The van der Waals surface area contributed by atoms with Crippen LogP contribution in [0.3, 0.4) is 0 Å². The van der Waals surface area contributed by atoms with Crippen molar-refractivity contribution in [3.05, 3.63) is 42.7 Å². The molecule has 0 aliphatic rings. The number of pyridine rings is 1. The van der Waals surface area contributed by atoms with Gasteiger partial charge in [-0.25, -0.2) is 9.36 Å². The van der Waals surface area contributed by atoms with Gasteiger partial charge in [-0.2, -0.15) is 0 Å². The molecular weight excluding hydrogens is 406 g/mol. The number of esters is 1. The van der Waals surface area contributed by atoms with Crippen molar-refractivity contribution in [2.45, 2.75) is 116 Å². The van der Waals surface area contributed by atoms with Crippen LogP contribution in [0, 0.1) is 0 Å². The van der Waals surface area contributed by atoms with E-state index in [0.717, 1.165) is 19.4 Å². The molecule has 0 radical (unpaired) electrons. The van der Waals surface area contributed by atoms with E-state index >= 15 is 0 Å². The highest BCUT2D eigenvalue weighted by atomic mass is 35.5. The van der Waals surface area contributed by atoms with Gasteiger partial charge in [0, 0.05) is 24.1 Å². The Labute approximate surface area is 198 Å². The summed E-state index contributed by atoms with van der Waals surface area (Å²) in [4.78, 5) is 11.2. The number of carbonyl (C=O) groups excluding carboxylic acids is 1. The summed E-state index contributed by atoms with van der Waals surface area (Å²) < 4.78 is 7.39. The Hall–Kier alpha value is -1.35. The zero-order valence-corrected chi connectivity index (χ0v) is 20.7. The topological polar surface area (TPSA) is 30.2 Å². The number of halogens is 1. The summed E-state index contributed by atoms with van der Waals surface area (Å²) in [6, 6.07) is 6.29. The number of hydrogen-bond donors (Lipinski definition) is 0. The summed E-state index contributed by atoms with van der Waals surface area (Å²) in [7, 11) is 0. The second-order valence-corrected chi connectivity index (χ2v) is 8.69. The fraction of sp³-hybridized carbons (Fsp3) is 0.704. The maximum atomic E-state index is 11.2. The molecule has 0 fully saturated rings. The molecule has 0 amide bonds. The number of carbonyl (C=O) groups is 1. The van der Waals surface area contributed by atoms with E-state index in [1.165, 1.54) is 89.9 Å². The van der Waals surface area contributed by atoms with Gasteiger partial charge in [-0.1, -0.05) is 96.1 Å². The Bertz CT molecular complexity index is 547. The van der Waals surface area contributed by atoms with Gasteiger partial charge in [0.1, 0.15) is 6.54 Å². The highest BCUT2D eigenvalue weighted by Crippen LogP contribution is 2.13.